The second-order valence-electron chi connectivity index (χ2n) is 21.2. The lowest BCUT2D eigenvalue weighted by atomic mass is 10.0. The van der Waals surface area contributed by atoms with Crippen LogP contribution in [0.15, 0.2) is 0 Å². The van der Waals surface area contributed by atoms with E-state index in [0.717, 1.165) is 69.6 Å². The average Bonchev–Trinajstić information content (AvgIpc) is 3.28. The van der Waals surface area contributed by atoms with Crippen LogP contribution in [0.4, 0.5) is 0 Å². The molecule has 0 aliphatic carbocycles. The van der Waals surface area contributed by atoms with Crippen LogP contribution in [0.25, 0.3) is 0 Å². The van der Waals surface area contributed by atoms with Gasteiger partial charge in [0.1, 0.15) is 13.2 Å². The van der Waals surface area contributed by atoms with Crippen LogP contribution in [0.5, 0.6) is 0 Å². The molecule has 1 atom stereocenters. The fourth-order valence-electron chi connectivity index (χ4n) is 9.05. The van der Waals surface area contributed by atoms with E-state index in [-0.39, 0.29) is 31.1 Å². The van der Waals surface area contributed by atoms with Crippen molar-refractivity contribution < 1.29 is 28.6 Å². The quantitative estimate of drug-likeness (QED) is 0.0344. The minimum atomic E-state index is -0.761. The molecule has 0 radical (unpaired) electrons. The Hall–Kier alpha value is -1.59. The van der Waals surface area contributed by atoms with Crippen LogP contribution in [0, 0.1) is 11.8 Å². The lowest BCUT2D eigenvalue weighted by Gasteiger charge is -2.18. The largest absolute Gasteiger partial charge is 0.462 e. The predicted molar refractivity (Wildman–Crippen MR) is 280 cm³/mol. The summed E-state index contributed by atoms with van der Waals surface area (Å²) in [4.78, 5) is 38.0. The molecule has 0 aromatic rings. The third-order valence-corrected chi connectivity index (χ3v) is 13.5. The van der Waals surface area contributed by atoms with E-state index in [2.05, 4.69) is 34.6 Å². The Balaban J connectivity index is 4.11. The molecule has 6 nitrogen and oxygen atoms in total. The molecule has 6 heteroatoms. The number of rotatable bonds is 53. The Morgan fingerprint density at radius 2 is 0.508 bits per heavy atom. The van der Waals surface area contributed by atoms with Gasteiger partial charge in [-0.25, -0.2) is 0 Å². The summed E-state index contributed by atoms with van der Waals surface area (Å²) >= 11 is 0. The third-order valence-electron chi connectivity index (χ3n) is 13.5. The van der Waals surface area contributed by atoms with E-state index < -0.39 is 6.10 Å². The minimum Gasteiger partial charge on any atom is -0.462 e. The molecule has 0 aromatic heterocycles. The molecule has 0 aliphatic heterocycles. The van der Waals surface area contributed by atoms with E-state index in [1.165, 1.54) is 218 Å². The number of carbonyl (C=O) groups excluding carboxylic acids is 3. The topological polar surface area (TPSA) is 78.9 Å². The molecule has 0 aliphatic rings. The molecule has 0 heterocycles. The van der Waals surface area contributed by atoms with Crippen molar-refractivity contribution in [3.63, 3.8) is 0 Å². The van der Waals surface area contributed by atoms with E-state index in [1.807, 2.05) is 0 Å². The monoisotopic (exact) mass is 919 g/mol. The lowest BCUT2D eigenvalue weighted by Crippen LogP contribution is -2.30. The molecule has 0 spiro atoms. The molecule has 0 rings (SSSR count). The lowest BCUT2D eigenvalue weighted by molar-refractivity contribution is -0.167. The van der Waals surface area contributed by atoms with Gasteiger partial charge < -0.3 is 14.2 Å². The summed E-state index contributed by atoms with van der Waals surface area (Å²) in [5.41, 5.74) is 0. The summed E-state index contributed by atoms with van der Waals surface area (Å²) in [6, 6.07) is 0. The first kappa shape index (κ1) is 63.4. The highest BCUT2D eigenvalue weighted by Crippen LogP contribution is 2.18. The average molecular weight is 920 g/mol. The van der Waals surface area contributed by atoms with Crippen molar-refractivity contribution in [2.75, 3.05) is 13.2 Å². The van der Waals surface area contributed by atoms with Gasteiger partial charge in [-0.1, -0.05) is 291 Å². The number of ether oxygens (including phenoxy) is 3. The van der Waals surface area contributed by atoms with E-state index >= 15 is 0 Å². The van der Waals surface area contributed by atoms with Crippen molar-refractivity contribution in [3.8, 4) is 0 Å². The molecule has 65 heavy (non-hydrogen) atoms. The predicted octanol–water partition coefficient (Wildman–Crippen LogP) is 19.3. The molecule has 386 valence electrons. The van der Waals surface area contributed by atoms with Gasteiger partial charge in [-0.05, 0) is 31.1 Å². The molecule has 0 fully saturated rings. The molecule has 0 N–H and O–H groups in total. The highest BCUT2D eigenvalue weighted by Gasteiger charge is 2.19. The molecular formula is C59H114O6. The summed E-state index contributed by atoms with van der Waals surface area (Å²) in [7, 11) is 0. The second-order valence-corrected chi connectivity index (χ2v) is 21.2. The maximum Gasteiger partial charge on any atom is 0.306 e. The summed E-state index contributed by atoms with van der Waals surface area (Å²) in [5, 5.41) is 0. The van der Waals surface area contributed by atoms with E-state index in [4.69, 9.17) is 14.2 Å². The number of hydrogen-bond acceptors (Lipinski definition) is 6. The van der Waals surface area contributed by atoms with Crippen LogP contribution in [0.1, 0.15) is 330 Å². The first-order valence-corrected chi connectivity index (χ1v) is 29.2. The molecule has 0 aromatic carbocycles. The fraction of sp³-hybridized carbons (Fsp3) is 0.949. The van der Waals surface area contributed by atoms with Gasteiger partial charge in [0.2, 0.25) is 0 Å². The summed E-state index contributed by atoms with van der Waals surface area (Å²) in [5.74, 6) is 0.865. The van der Waals surface area contributed by atoms with Crippen molar-refractivity contribution in [2.45, 2.75) is 336 Å². The van der Waals surface area contributed by atoms with Gasteiger partial charge in [-0.3, -0.25) is 14.4 Å². The second kappa shape index (κ2) is 51.8. The number of hydrogen-bond donors (Lipinski definition) is 0. The van der Waals surface area contributed by atoms with E-state index in [1.54, 1.807) is 0 Å². The van der Waals surface area contributed by atoms with Gasteiger partial charge in [-0.15, -0.1) is 0 Å². The Morgan fingerprint density at radius 3 is 0.754 bits per heavy atom. The van der Waals surface area contributed by atoms with Crippen LogP contribution >= 0.6 is 0 Å². The molecule has 0 amide bonds. The Morgan fingerprint density at radius 1 is 0.292 bits per heavy atom. The van der Waals surface area contributed by atoms with Crippen LogP contribution in [0.2, 0.25) is 0 Å². The molecule has 0 unspecified atom stereocenters. The Labute approximate surface area is 406 Å². The van der Waals surface area contributed by atoms with Gasteiger partial charge in [0.25, 0.3) is 0 Å². The van der Waals surface area contributed by atoms with E-state index in [9.17, 15) is 14.4 Å². The van der Waals surface area contributed by atoms with Crippen LogP contribution in [-0.4, -0.2) is 37.2 Å². The maximum atomic E-state index is 12.8. The van der Waals surface area contributed by atoms with Gasteiger partial charge in [-0.2, -0.15) is 0 Å². The highest BCUT2D eigenvalue weighted by atomic mass is 16.6. The summed E-state index contributed by atoms with van der Waals surface area (Å²) in [6.45, 7) is 11.4. The van der Waals surface area contributed by atoms with Gasteiger partial charge in [0, 0.05) is 19.3 Å². The zero-order valence-electron chi connectivity index (χ0n) is 44.6. The summed E-state index contributed by atoms with van der Waals surface area (Å²) in [6.07, 6.45) is 55.5. The zero-order valence-corrected chi connectivity index (χ0v) is 44.6. The van der Waals surface area contributed by atoms with E-state index in [0.29, 0.717) is 19.3 Å². The molecular weight excluding hydrogens is 805 g/mol. The molecule has 0 saturated carbocycles. The summed E-state index contributed by atoms with van der Waals surface area (Å²) < 4.78 is 16.8. The van der Waals surface area contributed by atoms with Gasteiger partial charge in [0.15, 0.2) is 6.10 Å². The number of unbranched alkanes of at least 4 members (excludes halogenated alkanes) is 38. The maximum absolute atomic E-state index is 12.8. The third kappa shape index (κ3) is 53.2. The smallest absolute Gasteiger partial charge is 0.306 e. The Bertz CT molecular complexity index is 993. The van der Waals surface area contributed by atoms with Crippen LogP contribution < -0.4 is 0 Å². The number of carbonyl (C=O) groups is 3. The molecule has 0 bridgehead atoms. The van der Waals surface area contributed by atoms with Crippen LogP contribution in [0.3, 0.4) is 0 Å². The van der Waals surface area contributed by atoms with Crippen LogP contribution in [-0.2, 0) is 28.6 Å². The van der Waals surface area contributed by atoms with Gasteiger partial charge >= 0.3 is 17.9 Å². The zero-order chi connectivity index (χ0) is 47.5. The van der Waals surface area contributed by atoms with Crippen molar-refractivity contribution in [1.82, 2.24) is 0 Å². The van der Waals surface area contributed by atoms with Crippen molar-refractivity contribution in [1.29, 1.82) is 0 Å². The highest BCUT2D eigenvalue weighted by molar-refractivity contribution is 5.71. The van der Waals surface area contributed by atoms with Crippen molar-refractivity contribution in [2.24, 2.45) is 11.8 Å². The van der Waals surface area contributed by atoms with Gasteiger partial charge in [0.05, 0.1) is 0 Å². The first-order chi connectivity index (χ1) is 31.7. The van der Waals surface area contributed by atoms with Crippen molar-refractivity contribution in [3.05, 3.63) is 0 Å². The number of esters is 3. The Kier molecular flexibility index (Phi) is 50.5. The normalized spacial score (nSPS) is 12.0. The minimum absolute atomic E-state index is 0.0630. The standard InChI is InChI=1S/C59H114O6/c1-6-7-8-9-32-39-44-49-57(60)63-52-56(65-59(62)51-46-41-36-31-27-23-19-15-14-17-21-25-29-34-38-43-48-55(4)5)53-64-58(61)50-45-40-35-30-26-22-18-13-11-10-12-16-20-24-28-33-37-42-47-54(2)3/h54-56H,6-53H2,1-5H3/t56-/m1/s1. The van der Waals surface area contributed by atoms with Crippen molar-refractivity contribution >= 4 is 17.9 Å². The molecule has 0 saturated heterocycles. The first-order valence-electron chi connectivity index (χ1n) is 29.2. The SMILES string of the molecule is CCCCCCCCCC(=O)OC[C@H](COC(=O)CCCCCCCCCCCCCCCCCCCCC(C)C)OC(=O)CCCCCCCCCCCCCCCCCCC(C)C. The fourth-order valence-corrected chi connectivity index (χ4v) is 9.05.